The number of aryl methyl sites for hydroxylation is 4. The third-order valence-corrected chi connectivity index (χ3v) is 8.58. The smallest absolute Gasteiger partial charge is 0.323 e. The number of aromatic nitrogens is 1. The van der Waals surface area contributed by atoms with Crippen LogP contribution in [-0.4, -0.2) is 61.6 Å². The van der Waals surface area contributed by atoms with Crippen LogP contribution in [0.4, 0.5) is 0 Å². The van der Waals surface area contributed by atoms with E-state index in [0.29, 0.717) is 28.6 Å². The van der Waals surface area contributed by atoms with E-state index in [-0.39, 0.29) is 16.7 Å². The van der Waals surface area contributed by atoms with Crippen molar-refractivity contribution < 1.29 is 23.1 Å². The lowest BCUT2D eigenvalue weighted by atomic mass is 10.1. The molecule has 4 rings (SSSR count). The summed E-state index contributed by atoms with van der Waals surface area (Å²) < 4.78 is 30.0. The van der Waals surface area contributed by atoms with Gasteiger partial charge in [0.05, 0.1) is 10.4 Å². The topological polar surface area (TPSA) is 171 Å². The number of pyridine rings is 1. The normalized spacial score (nSPS) is 16.0. The first-order valence-corrected chi connectivity index (χ1v) is 14.6. The number of carboxylic acids is 1. The number of nitrogens with zero attached hydrogens (tertiary/aromatic N) is 2. The Morgan fingerprint density at radius 1 is 1.17 bits per heavy atom. The predicted molar refractivity (Wildman–Crippen MR) is 156 cm³/mol. The molecule has 41 heavy (non-hydrogen) atoms. The van der Waals surface area contributed by atoms with Crippen LogP contribution in [0.1, 0.15) is 39.0 Å². The fourth-order valence-corrected chi connectivity index (χ4v) is 6.60. The molecule has 3 aromatic rings. The van der Waals surface area contributed by atoms with Crippen LogP contribution < -0.4 is 26.1 Å². The molecular formula is C28H34N6O6S. The maximum Gasteiger partial charge on any atom is 0.323 e. The first kappa shape index (κ1) is 30.1. The zero-order valence-electron chi connectivity index (χ0n) is 23.3. The average Bonchev–Trinajstić information content (AvgIpc) is 2.91. The number of hydrogen-bond acceptors (Lipinski definition) is 8. The molecule has 1 aliphatic heterocycles. The monoisotopic (exact) mass is 582 g/mol. The Bertz CT molecular complexity index is 1680. The van der Waals surface area contributed by atoms with Gasteiger partial charge in [0, 0.05) is 44.5 Å². The van der Waals surface area contributed by atoms with Gasteiger partial charge in [0.1, 0.15) is 11.6 Å². The number of amides is 1. The summed E-state index contributed by atoms with van der Waals surface area (Å²) in [6.07, 6.45) is 3.94. The maximum absolute atomic E-state index is 13.2. The third-order valence-electron chi connectivity index (χ3n) is 6.80. The standard InChI is InChI=1S/C28H34N6O6S/c1-16-10-17(2)25(18(3)11-16)41(39,40)33-22(27(37)38)14-31-26(36)21-15-34(4)23-12-19(6-7-20(23)24(21)35)13-32-28-29-8-5-9-30-28/h6-8,10-12,15,22,28,30,32-33H,5,9,13-14H2,1-4H3,(H,31,36)(H,37,38). The minimum Gasteiger partial charge on any atom is -0.480 e. The highest BCUT2D eigenvalue weighted by Gasteiger charge is 2.29. The van der Waals surface area contributed by atoms with Crippen molar-refractivity contribution in [1.82, 2.24) is 25.2 Å². The van der Waals surface area contributed by atoms with E-state index < -0.39 is 39.9 Å². The van der Waals surface area contributed by atoms with E-state index in [1.165, 1.54) is 6.20 Å². The second-order valence-electron chi connectivity index (χ2n) is 10.1. The molecule has 0 spiro atoms. The van der Waals surface area contributed by atoms with E-state index in [1.54, 1.807) is 49.7 Å². The van der Waals surface area contributed by atoms with Crippen molar-refractivity contribution in [2.45, 2.75) is 51.0 Å². The lowest BCUT2D eigenvalue weighted by Gasteiger charge is -2.19. The van der Waals surface area contributed by atoms with Gasteiger partial charge in [-0.1, -0.05) is 23.8 Å². The van der Waals surface area contributed by atoms with Gasteiger partial charge < -0.3 is 15.0 Å². The SMILES string of the molecule is Cc1cc(C)c(S(=O)(=O)NC(CNC(=O)c2cn(C)c3cc(CNC4N=CCCN4)ccc3c2=O)C(=O)O)c(C)c1. The number of carbonyl (C=O) groups excluding carboxylic acids is 1. The maximum atomic E-state index is 13.2. The Morgan fingerprint density at radius 2 is 1.88 bits per heavy atom. The predicted octanol–water partition coefficient (Wildman–Crippen LogP) is 1.06. The summed E-state index contributed by atoms with van der Waals surface area (Å²) in [5.74, 6) is -2.29. The van der Waals surface area contributed by atoms with Crippen molar-refractivity contribution in [1.29, 1.82) is 0 Å². The van der Waals surface area contributed by atoms with Gasteiger partial charge in [-0.05, 0) is 56.0 Å². The van der Waals surface area contributed by atoms with Gasteiger partial charge in [0.2, 0.25) is 15.5 Å². The number of aliphatic imine (C=N–C) groups is 1. The van der Waals surface area contributed by atoms with E-state index in [2.05, 4.69) is 25.7 Å². The van der Waals surface area contributed by atoms with Crippen LogP contribution >= 0.6 is 0 Å². The molecule has 2 unspecified atom stereocenters. The lowest BCUT2D eigenvalue weighted by Crippen LogP contribution is -2.49. The minimum absolute atomic E-state index is 0.0126. The molecule has 0 fully saturated rings. The Kier molecular flexibility index (Phi) is 9.02. The van der Waals surface area contributed by atoms with Crippen molar-refractivity contribution in [3.05, 3.63) is 74.6 Å². The number of aliphatic carboxylic acids is 1. The number of benzene rings is 2. The van der Waals surface area contributed by atoms with Crippen LogP contribution in [0, 0.1) is 20.8 Å². The molecule has 0 saturated heterocycles. The zero-order valence-corrected chi connectivity index (χ0v) is 24.1. The van der Waals surface area contributed by atoms with Crippen LogP contribution in [0.3, 0.4) is 0 Å². The number of fused-ring (bicyclic) bond motifs is 1. The molecular weight excluding hydrogens is 548 g/mol. The second kappa shape index (κ2) is 12.3. The Balaban J connectivity index is 1.49. The summed E-state index contributed by atoms with van der Waals surface area (Å²) in [6, 6.07) is 7.00. The summed E-state index contributed by atoms with van der Waals surface area (Å²) in [6.45, 7) is 5.87. The quantitative estimate of drug-likeness (QED) is 0.236. The van der Waals surface area contributed by atoms with Gasteiger partial charge in [0.25, 0.3) is 5.91 Å². The van der Waals surface area contributed by atoms with Crippen LogP contribution in [0.15, 0.2) is 51.2 Å². The second-order valence-corrected chi connectivity index (χ2v) is 11.8. The fraction of sp³-hybridized carbons (Fsp3) is 0.357. The molecule has 5 N–H and O–H groups in total. The van der Waals surface area contributed by atoms with Gasteiger partial charge in [0.15, 0.2) is 6.29 Å². The summed E-state index contributed by atoms with van der Waals surface area (Å²) in [5.41, 5.74) is 2.64. The Hall–Kier alpha value is -3.91. The molecule has 12 nitrogen and oxygen atoms in total. The molecule has 0 radical (unpaired) electrons. The van der Waals surface area contributed by atoms with Gasteiger partial charge >= 0.3 is 5.97 Å². The van der Waals surface area contributed by atoms with E-state index in [1.807, 2.05) is 19.2 Å². The first-order chi connectivity index (χ1) is 19.4. The van der Waals surface area contributed by atoms with Gasteiger partial charge in [-0.25, -0.2) is 8.42 Å². The molecule has 1 amide bonds. The molecule has 1 aliphatic rings. The van der Waals surface area contributed by atoms with Gasteiger partial charge in [-0.2, -0.15) is 4.72 Å². The summed E-state index contributed by atoms with van der Waals surface area (Å²) in [7, 11) is -2.52. The molecule has 0 bridgehead atoms. The zero-order chi connectivity index (χ0) is 29.9. The van der Waals surface area contributed by atoms with Crippen molar-refractivity contribution >= 4 is 39.0 Å². The summed E-state index contributed by atoms with van der Waals surface area (Å²) in [5, 5.41) is 18.9. The molecule has 2 atom stereocenters. The highest BCUT2D eigenvalue weighted by Crippen LogP contribution is 2.22. The molecule has 2 aromatic carbocycles. The van der Waals surface area contributed by atoms with Crippen molar-refractivity contribution in [3.8, 4) is 0 Å². The lowest BCUT2D eigenvalue weighted by molar-refractivity contribution is -0.138. The van der Waals surface area contributed by atoms with E-state index in [4.69, 9.17) is 0 Å². The molecule has 2 heterocycles. The summed E-state index contributed by atoms with van der Waals surface area (Å²) in [4.78, 5) is 42.4. The summed E-state index contributed by atoms with van der Waals surface area (Å²) >= 11 is 0. The van der Waals surface area contributed by atoms with Crippen LogP contribution in [0.25, 0.3) is 10.9 Å². The molecule has 13 heteroatoms. The largest absolute Gasteiger partial charge is 0.480 e. The molecule has 1 aromatic heterocycles. The number of sulfonamides is 1. The molecule has 218 valence electrons. The number of carbonyl (C=O) groups is 2. The van der Waals surface area contributed by atoms with Crippen LogP contribution in [-0.2, 0) is 28.4 Å². The van der Waals surface area contributed by atoms with Gasteiger partial charge in [-0.15, -0.1) is 0 Å². The number of hydrogen-bond donors (Lipinski definition) is 5. The van der Waals surface area contributed by atoms with Gasteiger partial charge in [-0.3, -0.25) is 30.0 Å². The van der Waals surface area contributed by atoms with E-state index >= 15 is 0 Å². The number of carboxylic acid groups (broad SMARTS) is 1. The highest BCUT2D eigenvalue weighted by molar-refractivity contribution is 7.89. The molecule has 0 saturated carbocycles. The van der Waals surface area contributed by atoms with Crippen molar-refractivity contribution in [3.63, 3.8) is 0 Å². The highest BCUT2D eigenvalue weighted by atomic mass is 32.2. The van der Waals surface area contributed by atoms with Crippen LogP contribution in [0.2, 0.25) is 0 Å². The Labute approximate surface area is 237 Å². The van der Waals surface area contributed by atoms with E-state index in [0.717, 1.165) is 24.1 Å². The average molecular weight is 583 g/mol. The third kappa shape index (κ3) is 6.88. The van der Waals surface area contributed by atoms with Crippen molar-refractivity contribution in [2.75, 3.05) is 13.1 Å². The fourth-order valence-electron chi connectivity index (χ4n) is 4.96. The van der Waals surface area contributed by atoms with Crippen LogP contribution in [0.5, 0.6) is 0 Å². The minimum atomic E-state index is -4.22. The molecule has 0 aliphatic carbocycles. The first-order valence-electron chi connectivity index (χ1n) is 13.1. The number of rotatable bonds is 10. The van der Waals surface area contributed by atoms with Crippen molar-refractivity contribution in [2.24, 2.45) is 12.0 Å². The van der Waals surface area contributed by atoms with E-state index in [9.17, 15) is 27.9 Å². The Morgan fingerprint density at radius 3 is 2.51 bits per heavy atom. The number of nitrogens with one attached hydrogen (secondary N) is 4.